The molecule has 17 heavy (non-hydrogen) atoms. The van der Waals surface area contributed by atoms with Gasteiger partial charge in [-0.1, -0.05) is 24.3 Å². The van der Waals surface area contributed by atoms with E-state index in [2.05, 4.69) is 4.98 Å². The number of aliphatic hydroxyl groups is 1. The maximum Gasteiger partial charge on any atom is 0.137 e. The number of nitrogens with zero attached hydrogens (tertiary/aromatic N) is 2. The lowest BCUT2D eigenvalue weighted by atomic mass is 10.1. The second-order valence-electron chi connectivity index (χ2n) is 3.95. The Balaban J connectivity index is 2.13. The van der Waals surface area contributed by atoms with Crippen LogP contribution in [0.2, 0.25) is 0 Å². The van der Waals surface area contributed by atoms with Gasteiger partial charge >= 0.3 is 0 Å². The molecule has 3 aromatic rings. The molecule has 3 heteroatoms. The van der Waals surface area contributed by atoms with Gasteiger partial charge in [0, 0.05) is 18.0 Å². The van der Waals surface area contributed by atoms with Crippen LogP contribution < -0.4 is 0 Å². The second kappa shape index (κ2) is 4.03. The third-order valence-corrected chi connectivity index (χ3v) is 2.77. The molecule has 1 N–H and O–H groups in total. The van der Waals surface area contributed by atoms with Crippen molar-refractivity contribution in [1.82, 2.24) is 9.38 Å². The smallest absolute Gasteiger partial charge is 0.137 e. The Morgan fingerprint density at radius 2 is 2.06 bits per heavy atom. The molecule has 0 saturated carbocycles. The van der Waals surface area contributed by atoms with Gasteiger partial charge in [0.05, 0.1) is 12.3 Å². The van der Waals surface area contributed by atoms with Gasteiger partial charge in [-0.3, -0.25) is 0 Å². The topological polar surface area (TPSA) is 37.5 Å². The molecular formula is C14H12N2O. The quantitative estimate of drug-likeness (QED) is 0.726. The highest BCUT2D eigenvalue weighted by atomic mass is 16.3. The molecule has 84 valence electrons. The van der Waals surface area contributed by atoms with Crippen molar-refractivity contribution in [2.24, 2.45) is 0 Å². The molecule has 0 amide bonds. The van der Waals surface area contributed by atoms with Gasteiger partial charge in [0.2, 0.25) is 0 Å². The standard InChI is InChI=1S/C14H12N2O/c17-10-11-4-3-5-12(8-11)13-9-16-7-2-1-6-14(16)15-13/h1-9,17H,10H2. The minimum absolute atomic E-state index is 0.0568. The number of hydrogen-bond donors (Lipinski definition) is 1. The summed E-state index contributed by atoms with van der Waals surface area (Å²) < 4.78 is 1.99. The zero-order valence-electron chi connectivity index (χ0n) is 9.24. The summed E-state index contributed by atoms with van der Waals surface area (Å²) in [5.74, 6) is 0. The maximum absolute atomic E-state index is 9.12. The average Bonchev–Trinajstić information content (AvgIpc) is 2.82. The Kier molecular flexibility index (Phi) is 2.38. The molecule has 3 rings (SSSR count). The molecule has 0 radical (unpaired) electrons. The summed E-state index contributed by atoms with van der Waals surface area (Å²) in [6, 6.07) is 13.7. The van der Waals surface area contributed by atoms with E-state index in [0.29, 0.717) is 0 Å². The van der Waals surface area contributed by atoms with E-state index in [-0.39, 0.29) is 6.61 Å². The third-order valence-electron chi connectivity index (χ3n) is 2.77. The number of fused-ring (bicyclic) bond motifs is 1. The van der Waals surface area contributed by atoms with Crippen molar-refractivity contribution in [2.45, 2.75) is 6.61 Å². The summed E-state index contributed by atoms with van der Waals surface area (Å²) in [7, 11) is 0. The maximum atomic E-state index is 9.12. The van der Waals surface area contributed by atoms with Gasteiger partial charge in [0.15, 0.2) is 0 Å². The molecule has 0 bridgehead atoms. The first kappa shape index (κ1) is 10.1. The predicted octanol–water partition coefficient (Wildman–Crippen LogP) is 2.49. The van der Waals surface area contributed by atoms with E-state index in [0.717, 1.165) is 22.5 Å². The van der Waals surface area contributed by atoms with Gasteiger partial charge in [-0.15, -0.1) is 0 Å². The Bertz CT molecular complexity index is 625. The van der Waals surface area contributed by atoms with Crippen LogP contribution in [-0.4, -0.2) is 14.5 Å². The van der Waals surface area contributed by atoms with Crippen LogP contribution in [0.5, 0.6) is 0 Å². The van der Waals surface area contributed by atoms with Crippen LogP contribution in [0.3, 0.4) is 0 Å². The first-order chi connectivity index (χ1) is 8.36. The molecule has 2 aromatic heterocycles. The first-order valence-electron chi connectivity index (χ1n) is 5.51. The predicted molar refractivity (Wildman–Crippen MR) is 66.6 cm³/mol. The molecule has 2 heterocycles. The van der Waals surface area contributed by atoms with E-state index >= 15 is 0 Å². The lowest BCUT2D eigenvalue weighted by Gasteiger charge is -1.99. The number of hydrogen-bond acceptors (Lipinski definition) is 2. The molecule has 0 unspecified atom stereocenters. The van der Waals surface area contributed by atoms with Crippen LogP contribution in [0.4, 0.5) is 0 Å². The molecule has 0 saturated heterocycles. The number of imidazole rings is 1. The number of pyridine rings is 1. The fraction of sp³-hybridized carbons (Fsp3) is 0.0714. The second-order valence-corrected chi connectivity index (χ2v) is 3.95. The SMILES string of the molecule is OCc1cccc(-c2cn3ccccc3n2)c1. The minimum Gasteiger partial charge on any atom is -0.392 e. The van der Waals surface area contributed by atoms with Crippen molar-refractivity contribution in [3.8, 4) is 11.3 Å². The molecule has 0 aliphatic carbocycles. The van der Waals surface area contributed by atoms with Crippen molar-refractivity contribution in [3.63, 3.8) is 0 Å². The normalized spacial score (nSPS) is 10.9. The number of aliphatic hydroxyl groups excluding tert-OH is 1. The molecule has 0 atom stereocenters. The Hall–Kier alpha value is -2.13. The highest BCUT2D eigenvalue weighted by molar-refractivity contribution is 5.63. The summed E-state index contributed by atoms with van der Waals surface area (Å²) in [5.41, 5.74) is 3.78. The zero-order chi connectivity index (χ0) is 11.7. The Labute approximate surface area is 99.0 Å². The number of benzene rings is 1. The first-order valence-corrected chi connectivity index (χ1v) is 5.51. The minimum atomic E-state index is 0.0568. The zero-order valence-corrected chi connectivity index (χ0v) is 9.24. The Morgan fingerprint density at radius 1 is 1.12 bits per heavy atom. The van der Waals surface area contributed by atoms with Gasteiger partial charge in [-0.25, -0.2) is 4.98 Å². The summed E-state index contributed by atoms with van der Waals surface area (Å²) >= 11 is 0. The van der Waals surface area contributed by atoms with Gasteiger partial charge in [-0.05, 0) is 23.8 Å². The van der Waals surface area contributed by atoms with Crippen LogP contribution in [0.15, 0.2) is 54.9 Å². The van der Waals surface area contributed by atoms with Gasteiger partial charge in [-0.2, -0.15) is 0 Å². The fourth-order valence-corrected chi connectivity index (χ4v) is 1.90. The van der Waals surface area contributed by atoms with Crippen molar-refractivity contribution < 1.29 is 5.11 Å². The molecular weight excluding hydrogens is 212 g/mol. The van der Waals surface area contributed by atoms with E-state index in [4.69, 9.17) is 5.11 Å². The third kappa shape index (κ3) is 1.81. The molecule has 3 nitrogen and oxygen atoms in total. The van der Waals surface area contributed by atoms with E-state index in [1.165, 1.54) is 0 Å². The lowest BCUT2D eigenvalue weighted by Crippen LogP contribution is -1.84. The van der Waals surface area contributed by atoms with Crippen molar-refractivity contribution >= 4 is 5.65 Å². The summed E-state index contributed by atoms with van der Waals surface area (Å²) in [4.78, 5) is 4.54. The van der Waals surface area contributed by atoms with Crippen LogP contribution in [-0.2, 0) is 6.61 Å². The Morgan fingerprint density at radius 3 is 2.88 bits per heavy atom. The van der Waals surface area contributed by atoms with E-state index in [1.807, 2.05) is 59.3 Å². The van der Waals surface area contributed by atoms with Crippen molar-refractivity contribution in [1.29, 1.82) is 0 Å². The molecule has 0 spiro atoms. The number of rotatable bonds is 2. The van der Waals surface area contributed by atoms with Crippen molar-refractivity contribution in [2.75, 3.05) is 0 Å². The van der Waals surface area contributed by atoms with Gasteiger partial charge in [0.25, 0.3) is 0 Å². The van der Waals surface area contributed by atoms with Crippen LogP contribution in [0.1, 0.15) is 5.56 Å². The van der Waals surface area contributed by atoms with E-state index < -0.39 is 0 Å². The molecule has 0 aliphatic rings. The van der Waals surface area contributed by atoms with Crippen LogP contribution in [0, 0.1) is 0 Å². The average molecular weight is 224 g/mol. The number of aromatic nitrogens is 2. The van der Waals surface area contributed by atoms with Gasteiger partial charge < -0.3 is 9.51 Å². The van der Waals surface area contributed by atoms with Crippen LogP contribution in [0.25, 0.3) is 16.9 Å². The lowest BCUT2D eigenvalue weighted by molar-refractivity contribution is 0.282. The molecule has 0 fully saturated rings. The van der Waals surface area contributed by atoms with Gasteiger partial charge in [0.1, 0.15) is 5.65 Å². The van der Waals surface area contributed by atoms with Crippen LogP contribution >= 0.6 is 0 Å². The summed E-state index contributed by atoms with van der Waals surface area (Å²) in [6.45, 7) is 0.0568. The summed E-state index contributed by atoms with van der Waals surface area (Å²) in [5, 5.41) is 9.12. The molecule has 0 aliphatic heterocycles. The fourth-order valence-electron chi connectivity index (χ4n) is 1.90. The highest BCUT2D eigenvalue weighted by Crippen LogP contribution is 2.20. The highest BCUT2D eigenvalue weighted by Gasteiger charge is 2.04. The van der Waals surface area contributed by atoms with E-state index in [9.17, 15) is 0 Å². The summed E-state index contributed by atoms with van der Waals surface area (Å²) in [6.07, 6.45) is 3.97. The molecule has 1 aromatic carbocycles. The van der Waals surface area contributed by atoms with Crippen molar-refractivity contribution in [3.05, 3.63) is 60.4 Å². The van der Waals surface area contributed by atoms with E-state index in [1.54, 1.807) is 0 Å². The largest absolute Gasteiger partial charge is 0.392 e. The monoisotopic (exact) mass is 224 g/mol.